The Balaban J connectivity index is 1.48. The van der Waals surface area contributed by atoms with Gasteiger partial charge in [0.05, 0.1) is 58.6 Å². The van der Waals surface area contributed by atoms with Gasteiger partial charge in [0.1, 0.15) is 56.3 Å². The van der Waals surface area contributed by atoms with Crippen LogP contribution >= 0.6 is 22.7 Å². The molecular weight excluding hydrogens is 978 g/mol. The first-order chi connectivity index (χ1) is 37.1. The smallest absolute Gasteiger partial charge is 0.328 e. The molecular formula is C62H58B2N6O4S2. The summed E-state index contributed by atoms with van der Waals surface area (Å²) in [5.41, 5.74) is 7.69. The Labute approximate surface area is 452 Å². The fraction of sp³-hybridized carbons (Fsp3) is 0.226. The van der Waals surface area contributed by atoms with Crippen molar-refractivity contribution in [3.05, 3.63) is 166 Å². The molecule has 0 saturated heterocycles. The Morgan fingerprint density at radius 2 is 0.947 bits per heavy atom. The highest BCUT2D eigenvalue weighted by Gasteiger charge is 2.35. The van der Waals surface area contributed by atoms with Gasteiger partial charge in [-0.25, -0.2) is 9.97 Å². The summed E-state index contributed by atoms with van der Waals surface area (Å²) in [5, 5.41) is 28.1. The van der Waals surface area contributed by atoms with E-state index in [0.717, 1.165) is 89.0 Å². The molecule has 378 valence electrons. The van der Waals surface area contributed by atoms with E-state index in [4.69, 9.17) is 28.9 Å². The van der Waals surface area contributed by atoms with Crippen molar-refractivity contribution in [2.75, 3.05) is 27.4 Å². The Morgan fingerprint density at radius 3 is 1.33 bits per heavy atom. The van der Waals surface area contributed by atoms with Gasteiger partial charge in [-0.3, -0.25) is 0 Å². The molecule has 0 aliphatic rings. The van der Waals surface area contributed by atoms with E-state index in [0.29, 0.717) is 68.4 Å². The second kappa shape index (κ2) is 22.4. The van der Waals surface area contributed by atoms with Crippen LogP contribution in [0.4, 0.5) is 0 Å². The minimum atomic E-state index is -0.496. The average Bonchev–Trinajstić information content (AvgIpc) is 4.24. The molecule has 0 saturated carbocycles. The number of benzene rings is 6. The molecule has 4 heterocycles. The number of hydrogen-bond donors (Lipinski definition) is 0. The first-order valence-corrected chi connectivity index (χ1v) is 27.5. The highest BCUT2D eigenvalue weighted by Crippen LogP contribution is 2.39. The third kappa shape index (κ3) is 9.87. The Kier molecular flexibility index (Phi) is 15.2. The van der Waals surface area contributed by atoms with Crippen LogP contribution in [0.3, 0.4) is 0 Å². The zero-order valence-electron chi connectivity index (χ0n) is 44.1. The molecule has 14 heteroatoms. The standard InChI is InChI=1S/C62H58B2N6O4S2/c1-9-39(3)37-73-45-25-21-41(22-26-45)57-55-56(59(69(57)63(5)6)49(35-65)61-67-51-31-29-47(71-7)33-53(51)75-61)58(42-23-27-46(28-24-42)74-38-40(4)10-2)70(64(43-17-13-11-14-18-43)44-19-15-12-16-20-44)60(55)50(36-66)62-68-52-32-30-48(72-8)34-54(52)76-62/h11-34,39-40H,9-10,37-38H2,1-8H3/b59-49-,60-50-. The summed E-state index contributed by atoms with van der Waals surface area (Å²) in [6, 6.07) is 54.5. The van der Waals surface area contributed by atoms with Gasteiger partial charge in [0.25, 0.3) is 6.85 Å². The van der Waals surface area contributed by atoms with Gasteiger partial charge in [0.15, 0.2) is 0 Å². The molecule has 2 unspecified atom stereocenters. The van der Waals surface area contributed by atoms with Crippen LogP contribution in [0.2, 0.25) is 13.6 Å². The molecule has 10 nitrogen and oxygen atoms in total. The van der Waals surface area contributed by atoms with E-state index in [1.54, 1.807) is 14.2 Å². The third-order valence-electron chi connectivity index (χ3n) is 14.2. The lowest BCUT2D eigenvalue weighted by molar-refractivity contribution is 0.256. The summed E-state index contributed by atoms with van der Waals surface area (Å²) in [6.45, 7) is 13.5. The van der Waals surface area contributed by atoms with E-state index in [1.165, 1.54) is 22.7 Å². The maximum Gasteiger partial charge on any atom is 0.328 e. The fourth-order valence-corrected chi connectivity index (χ4v) is 11.8. The number of thiazole rings is 2. The van der Waals surface area contributed by atoms with Crippen molar-refractivity contribution in [2.24, 2.45) is 11.8 Å². The monoisotopic (exact) mass is 1040 g/mol. The van der Waals surface area contributed by atoms with Crippen LogP contribution in [-0.4, -0.2) is 60.1 Å². The first kappa shape index (κ1) is 51.5. The first-order valence-electron chi connectivity index (χ1n) is 25.9. The van der Waals surface area contributed by atoms with Crippen LogP contribution in [0.1, 0.15) is 50.6 Å². The summed E-state index contributed by atoms with van der Waals surface area (Å²) in [6.07, 6.45) is 2.00. The van der Waals surface area contributed by atoms with Gasteiger partial charge in [-0.2, -0.15) is 10.5 Å². The van der Waals surface area contributed by atoms with E-state index in [-0.39, 0.29) is 6.85 Å². The lowest BCUT2D eigenvalue weighted by atomic mass is 9.50. The SMILES string of the molecule is CCC(C)COc1ccc(-c2c3/c(=C(\C#N)c4nc5ccc(OC)cc5s4)n(B(c4ccccc4)c4ccccc4)c(-c4ccc(OCC(C)CC)cc4)c3/c(=C(\C#N)c3nc4ccc(OC)cc4s3)n2B(C)C)cc1. The molecule has 6 aromatic carbocycles. The highest BCUT2D eigenvalue weighted by atomic mass is 32.1. The molecule has 0 radical (unpaired) electrons. The topological polar surface area (TPSA) is 120 Å². The van der Waals surface area contributed by atoms with Gasteiger partial charge in [0.2, 0.25) is 0 Å². The van der Waals surface area contributed by atoms with Gasteiger partial charge < -0.3 is 27.9 Å². The lowest BCUT2D eigenvalue weighted by Gasteiger charge is -2.23. The minimum Gasteiger partial charge on any atom is -0.497 e. The van der Waals surface area contributed by atoms with E-state index >= 15 is 0 Å². The van der Waals surface area contributed by atoms with Crippen molar-refractivity contribution in [1.29, 1.82) is 10.5 Å². The molecule has 0 N–H and O–H groups in total. The van der Waals surface area contributed by atoms with E-state index in [1.807, 2.05) is 72.8 Å². The van der Waals surface area contributed by atoms with Crippen molar-refractivity contribution in [3.63, 3.8) is 0 Å². The van der Waals surface area contributed by atoms with Gasteiger partial charge in [-0.15, -0.1) is 22.7 Å². The summed E-state index contributed by atoms with van der Waals surface area (Å²) in [7, 11) is 3.30. The lowest BCUT2D eigenvalue weighted by Crippen LogP contribution is -2.53. The van der Waals surface area contributed by atoms with Crippen LogP contribution in [0.15, 0.2) is 146 Å². The molecule has 0 bridgehead atoms. The number of ether oxygens (including phenoxy) is 4. The van der Waals surface area contributed by atoms with Crippen LogP contribution in [0, 0.1) is 34.5 Å². The third-order valence-corrected chi connectivity index (χ3v) is 16.3. The number of rotatable bonds is 18. The zero-order chi connectivity index (χ0) is 53.0. The summed E-state index contributed by atoms with van der Waals surface area (Å²) < 4.78 is 30.5. The van der Waals surface area contributed by atoms with Crippen molar-refractivity contribution in [2.45, 2.75) is 54.2 Å². The summed E-state index contributed by atoms with van der Waals surface area (Å²) in [4.78, 5) is 10.5. The zero-order valence-corrected chi connectivity index (χ0v) is 45.8. The second-order valence-electron chi connectivity index (χ2n) is 19.6. The molecule has 0 aliphatic carbocycles. The predicted molar refractivity (Wildman–Crippen MR) is 315 cm³/mol. The van der Waals surface area contributed by atoms with Gasteiger partial charge >= 0.3 is 6.85 Å². The van der Waals surface area contributed by atoms with E-state index < -0.39 is 6.85 Å². The summed E-state index contributed by atoms with van der Waals surface area (Å²) in [5.74, 6) is 3.67. The van der Waals surface area contributed by atoms with Crippen LogP contribution in [0.5, 0.6) is 23.0 Å². The van der Waals surface area contributed by atoms with Crippen molar-refractivity contribution < 1.29 is 18.9 Å². The van der Waals surface area contributed by atoms with Crippen LogP contribution in [-0.2, 0) is 0 Å². The number of aromatic nitrogens is 4. The average molecular weight is 1040 g/mol. The molecule has 10 aromatic rings. The van der Waals surface area contributed by atoms with Crippen molar-refractivity contribution >= 4 is 89.6 Å². The molecule has 0 aliphatic heterocycles. The fourth-order valence-electron chi connectivity index (χ4n) is 9.81. The quantitative estimate of drug-likeness (QED) is 0.0779. The molecule has 10 rings (SSSR count). The molecule has 4 aromatic heterocycles. The molecule has 76 heavy (non-hydrogen) atoms. The second-order valence-corrected chi connectivity index (χ2v) is 21.6. The van der Waals surface area contributed by atoms with E-state index in [2.05, 4.69) is 135 Å². The maximum absolute atomic E-state index is 12.1. The Bertz CT molecular complexity index is 3890. The number of nitrogens with zero attached hydrogens (tertiary/aromatic N) is 6. The number of hydrogen-bond acceptors (Lipinski definition) is 10. The maximum atomic E-state index is 12.1. The van der Waals surface area contributed by atoms with Crippen molar-refractivity contribution in [1.82, 2.24) is 18.9 Å². The van der Waals surface area contributed by atoms with Crippen molar-refractivity contribution in [3.8, 4) is 57.7 Å². The normalized spacial score (nSPS) is 13.0. The van der Waals surface area contributed by atoms with Gasteiger partial charge in [-0.05, 0) is 108 Å². The van der Waals surface area contributed by atoms with Crippen LogP contribution in [0.25, 0.3) is 64.9 Å². The number of nitriles is 2. The predicted octanol–water partition coefficient (Wildman–Crippen LogP) is 12.1. The Hall–Kier alpha value is -8.03. The molecule has 2 atom stereocenters. The van der Waals surface area contributed by atoms with E-state index in [9.17, 15) is 10.5 Å². The summed E-state index contributed by atoms with van der Waals surface area (Å²) >= 11 is 2.91. The van der Waals surface area contributed by atoms with Crippen LogP contribution < -0.4 is 40.6 Å². The van der Waals surface area contributed by atoms with Gasteiger partial charge in [0, 0.05) is 22.2 Å². The number of fused-ring (bicyclic) bond motifs is 3. The molecule has 0 amide bonds. The minimum absolute atomic E-state index is 0.207. The number of methoxy groups -OCH3 is 2. The highest BCUT2D eigenvalue weighted by molar-refractivity contribution is 7.20. The Morgan fingerprint density at radius 1 is 0.553 bits per heavy atom. The molecule has 0 fully saturated rings. The molecule has 0 spiro atoms. The van der Waals surface area contributed by atoms with Gasteiger partial charge in [-0.1, -0.05) is 126 Å². The largest absolute Gasteiger partial charge is 0.497 e.